The van der Waals surface area contributed by atoms with Crippen LogP contribution in [-0.2, 0) is 31.8 Å². The zero-order chi connectivity index (χ0) is 20.3. The number of amides is 1. The average molecular weight is 389 g/mol. The summed E-state index contributed by atoms with van der Waals surface area (Å²) in [4.78, 5) is 26.7. The summed E-state index contributed by atoms with van der Waals surface area (Å²) in [7, 11) is 1.35. The number of hydrogen-bond donors (Lipinski definition) is 0. The molecule has 0 unspecified atom stereocenters. The van der Waals surface area contributed by atoms with Gasteiger partial charge in [0.1, 0.15) is 5.60 Å². The maximum absolute atomic E-state index is 12.7. The molecule has 3 rings (SSSR count). The van der Waals surface area contributed by atoms with Crippen LogP contribution in [0.4, 0.5) is 4.79 Å². The first-order chi connectivity index (χ1) is 13.3. The first-order valence-corrected chi connectivity index (χ1v) is 10.1. The monoisotopic (exact) mass is 389 g/mol. The molecular formula is C22H31NO5. The van der Waals surface area contributed by atoms with Gasteiger partial charge in [0.05, 0.1) is 7.11 Å². The standard InChI is InChI=1S/C22H31NO5/c1-22(2,3)28-21(25)23-10-7-17-14-16(13-15-8-11-27-12-9-15)5-6-18(17)19(23)20(24)26-4/h5-6,14-15,19H,7-13H2,1-4H3/t19-/m1/s1. The highest BCUT2D eigenvalue weighted by Crippen LogP contribution is 2.33. The molecule has 0 bridgehead atoms. The van der Waals surface area contributed by atoms with Crippen LogP contribution >= 0.6 is 0 Å². The van der Waals surface area contributed by atoms with Crippen molar-refractivity contribution in [1.82, 2.24) is 4.90 Å². The van der Waals surface area contributed by atoms with E-state index in [4.69, 9.17) is 14.2 Å². The molecule has 1 atom stereocenters. The minimum atomic E-state index is -0.763. The molecule has 2 aliphatic rings. The summed E-state index contributed by atoms with van der Waals surface area (Å²) in [5.74, 6) is 0.203. The highest BCUT2D eigenvalue weighted by atomic mass is 16.6. The van der Waals surface area contributed by atoms with Gasteiger partial charge in [-0.15, -0.1) is 0 Å². The lowest BCUT2D eigenvalue weighted by atomic mass is 9.87. The van der Waals surface area contributed by atoms with Crippen LogP contribution < -0.4 is 0 Å². The number of ether oxygens (including phenoxy) is 3. The third-order valence-electron chi connectivity index (χ3n) is 5.35. The molecule has 1 aromatic rings. The Morgan fingerprint density at radius 3 is 2.57 bits per heavy atom. The van der Waals surface area contributed by atoms with Crippen LogP contribution in [0.2, 0.25) is 0 Å². The van der Waals surface area contributed by atoms with Crippen molar-refractivity contribution in [3.8, 4) is 0 Å². The van der Waals surface area contributed by atoms with Crippen LogP contribution in [0.25, 0.3) is 0 Å². The first kappa shape index (κ1) is 20.6. The molecule has 1 fully saturated rings. The van der Waals surface area contributed by atoms with Crippen LogP contribution in [-0.4, -0.2) is 49.4 Å². The highest BCUT2D eigenvalue weighted by Gasteiger charge is 2.39. The topological polar surface area (TPSA) is 65.1 Å². The van der Waals surface area contributed by atoms with Crippen molar-refractivity contribution >= 4 is 12.1 Å². The van der Waals surface area contributed by atoms with Gasteiger partial charge in [-0.1, -0.05) is 18.2 Å². The second-order valence-electron chi connectivity index (χ2n) is 8.64. The summed E-state index contributed by atoms with van der Waals surface area (Å²) < 4.78 is 16.0. The molecule has 0 N–H and O–H groups in total. The van der Waals surface area contributed by atoms with E-state index in [1.165, 1.54) is 17.6 Å². The minimum Gasteiger partial charge on any atom is -0.467 e. The molecule has 0 saturated carbocycles. The quantitative estimate of drug-likeness (QED) is 0.738. The third-order valence-corrected chi connectivity index (χ3v) is 5.35. The molecule has 6 heteroatoms. The molecule has 1 saturated heterocycles. The van der Waals surface area contributed by atoms with Crippen LogP contribution in [0.1, 0.15) is 56.3 Å². The molecule has 1 aromatic carbocycles. The van der Waals surface area contributed by atoms with Gasteiger partial charge in [0, 0.05) is 19.8 Å². The summed E-state index contributed by atoms with van der Waals surface area (Å²) >= 11 is 0. The fourth-order valence-corrected chi connectivity index (χ4v) is 3.97. The molecule has 0 radical (unpaired) electrons. The molecular weight excluding hydrogens is 358 g/mol. The van der Waals surface area contributed by atoms with Gasteiger partial charge < -0.3 is 14.2 Å². The van der Waals surface area contributed by atoms with E-state index in [-0.39, 0.29) is 0 Å². The van der Waals surface area contributed by atoms with Gasteiger partial charge in [-0.3, -0.25) is 4.90 Å². The summed E-state index contributed by atoms with van der Waals surface area (Å²) in [6.45, 7) is 7.56. The van der Waals surface area contributed by atoms with Crippen molar-refractivity contribution < 1.29 is 23.8 Å². The Kier molecular flexibility index (Phi) is 6.28. The molecule has 2 heterocycles. The number of rotatable bonds is 3. The van der Waals surface area contributed by atoms with Gasteiger partial charge in [-0.2, -0.15) is 0 Å². The fourth-order valence-electron chi connectivity index (χ4n) is 3.97. The van der Waals surface area contributed by atoms with Crippen molar-refractivity contribution in [3.05, 3.63) is 34.9 Å². The number of benzene rings is 1. The Hall–Kier alpha value is -2.08. The molecule has 0 aromatic heterocycles. The smallest absolute Gasteiger partial charge is 0.411 e. The zero-order valence-electron chi connectivity index (χ0n) is 17.3. The summed E-state index contributed by atoms with van der Waals surface area (Å²) in [6.07, 6.45) is 3.42. The predicted octanol–water partition coefficient (Wildman–Crippen LogP) is 3.66. The maximum atomic E-state index is 12.7. The van der Waals surface area contributed by atoms with E-state index >= 15 is 0 Å². The Labute approximate surface area is 167 Å². The van der Waals surface area contributed by atoms with Crippen LogP contribution in [0.5, 0.6) is 0 Å². The number of carbonyl (C=O) groups excluding carboxylic acids is 2. The van der Waals surface area contributed by atoms with E-state index in [2.05, 4.69) is 12.1 Å². The zero-order valence-corrected chi connectivity index (χ0v) is 17.3. The van der Waals surface area contributed by atoms with Crippen molar-refractivity contribution in [3.63, 3.8) is 0 Å². The number of nitrogens with zero attached hydrogens (tertiary/aromatic N) is 1. The van der Waals surface area contributed by atoms with Gasteiger partial charge in [0.25, 0.3) is 0 Å². The molecule has 28 heavy (non-hydrogen) atoms. The largest absolute Gasteiger partial charge is 0.467 e. The lowest BCUT2D eigenvalue weighted by molar-refractivity contribution is -0.147. The third kappa shape index (κ3) is 4.85. The second-order valence-corrected chi connectivity index (χ2v) is 8.64. The predicted molar refractivity (Wildman–Crippen MR) is 105 cm³/mol. The molecule has 0 aliphatic carbocycles. The highest BCUT2D eigenvalue weighted by molar-refractivity contribution is 5.84. The average Bonchev–Trinajstić information content (AvgIpc) is 2.65. The van der Waals surface area contributed by atoms with E-state index in [1.54, 1.807) is 0 Å². The first-order valence-electron chi connectivity index (χ1n) is 10.1. The lowest BCUT2D eigenvalue weighted by Crippen LogP contribution is -2.46. The SMILES string of the molecule is COC(=O)[C@H]1c2ccc(CC3CCOCC3)cc2CCN1C(=O)OC(C)(C)C. The Bertz CT molecular complexity index is 718. The normalized spacial score (nSPS) is 20.4. The van der Waals surface area contributed by atoms with Crippen molar-refractivity contribution in [2.45, 2.75) is 58.1 Å². The minimum absolute atomic E-state index is 0.433. The Morgan fingerprint density at radius 1 is 1.21 bits per heavy atom. The van der Waals surface area contributed by atoms with E-state index in [0.29, 0.717) is 18.9 Å². The summed E-state index contributed by atoms with van der Waals surface area (Å²) in [5, 5.41) is 0. The maximum Gasteiger partial charge on any atom is 0.411 e. The number of carbonyl (C=O) groups is 2. The van der Waals surface area contributed by atoms with Crippen LogP contribution in [0.3, 0.4) is 0 Å². The van der Waals surface area contributed by atoms with Crippen molar-refractivity contribution in [1.29, 1.82) is 0 Å². The number of fused-ring (bicyclic) bond motifs is 1. The number of esters is 1. The van der Waals surface area contributed by atoms with Gasteiger partial charge in [-0.05, 0) is 69.1 Å². The lowest BCUT2D eigenvalue weighted by Gasteiger charge is -2.36. The van der Waals surface area contributed by atoms with Crippen LogP contribution in [0.15, 0.2) is 18.2 Å². The van der Waals surface area contributed by atoms with E-state index in [9.17, 15) is 9.59 Å². The van der Waals surface area contributed by atoms with Gasteiger partial charge >= 0.3 is 12.1 Å². The summed E-state index contributed by atoms with van der Waals surface area (Å²) in [6, 6.07) is 5.47. The van der Waals surface area contributed by atoms with Gasteiger partial charge in [0.15, 0.2) is 6.04 Å². The van der Waals surface area contributed by atoms with Gasteiger partial charge in [0.2, 0.25) is 0 Å². The molecule has 154 valence electrons. The van der Waals surface area contributed by atoms with E-state index in [1.807, 2.05) is 26.8 Å². The van der Waals surface area contributed by atoms with E-state index in [0.717, 1.165) is 43.6 Å². The van der Waals surface area contributed by atoms with Crippen LogP contribution in [0, 0.1) is 5.92 Å². The molecule has 0 spiro atoms. The Morgan fingerprint density at radius 2 is 1.93 bits per heavy atom. The van der Waals surface area contributed by atoms with Crippen molar-refractivity contribution in [2.24, 2.45) is 5.92 Å². The molecule has 1 amide bonds. The van der Waals surface area contributed by atoms with E-state index < -0.39 is 23.7 Å². The fraction of sp³-hybridized carbons (Fsp3) is 0.636. The van der Waals surface area contributed by atoms with Gasteiger partial charge in [-0.25, -0.2) is 9.59 Å². The molecule has 2 aliphatic heterocycles. The number of methoxy groups -OCH3 is 1. The van der Waals surface area contributed by atoms with Crippen molar-refractivity contribution in [2.75, 3.05) is 26.9 Å². The Balaban J connectivity index is 1.82. The molecule has 6 nitrogen and oxygen atoms in total. The number of hydrogen-bond acceptors (Lipinski definition) is 5. The second kappa shape index (κ2) is 8.52. The summed E-state index contributed by atoms with van der Waals surface area (Å²) in [5.41, 5.74) is 2.60.